The lowest BCUT2D eigenvalue weighted by Crippen LogP contribution is -2.40. The maximum absolute atomic E-state index is 10.9. The Morgan fingerprint density at radius 1 is 1.47 bits per heavy atom. The van der Waals surface area contributed by atoms with Crippen LogP contribution in [0.3, 0.4) is 0 Å². The van der Waals surface area contributed by atoms with Crippen LogP contribution in [0.4, 0.5) is 0 Å². The maximum atomic E-state index is 10.9. The summed E-state index contributed by atoms with van der Waals surface area (Å²) < 4.78 is 4.63. The van der Waals surface area contributed by atoms with Crippen LogP contribution in [0.5, 0.6) is 0 Å². The van der Waals surface area contributed by atoms with Crippen LogP contribution < -0.4 is 0 Å². The fourth-order valence-electron chi connectivity index (χ4n) is 2.32. The first-order valence-electron chi connectivity index (χ1n) is 5.94. The molecule has 1 aliphatic heterocycles. The quantitative estimate of drug-likeness (QED) is 0.669. The maximum Gasteiger partial charge on any atom is 0.305 e. The largest absolute Gasteiger partial charge is 0.469 e. The minimum Gasteiger partial charge on any atom is -0.469 e. The van der Waals surface area contributed by atoms with Crippen LogP contribution in [0.2, 0.25) is 0 Å². The van der Waals surface area contributed by atoms with Crippen LogP contribution in [0.15, 0.2) is 0 Å². The zero-order valence-electron chi connectivity index (χ0n) is 10.2. The molecule has 1 saturated heterocycles. The van der Waals surface area contributed by atoms with Gasteiger partial charge in [-0.05, 0) is 45.2 Å². The third kappa shape index (κ3) is 4.20. The fourth-order valence-corrected chi connectivity index (χ4v) is 2.32. The van der Waals surface area contributed by atoms with Crippen LogP contribution in [-0.4, -0.2) is 37.1 Å². The molecule has 3 heteroatoms. The Morgan fingerprint density at radius 2 is 2.20 bits per heavy atom. The molecule has 0 saturated carbocycles. The van der Waals surface area contributed by atoms with Crippen molar-refractivity contribution < 1.29 is 9.53 Å². The van der Waals surface area contributed by atoms with Crippen molar-refractivity contribution in [3.63, 3.8) is 0 Å². The van der Waals surface area contributed by atoms with Gasteiger partial charge in [-0.15, -0.1) is 0 Å². The molecule has 0 unspecified atom stereocenters. The van der Waals surface area contributed by atoms with E-state index in [1.165, 1.54) is 26.5 Å². The van der Waals surface area contributed by atoms with Gasteiger partial charge in [-0.2, -0.15) is 0 Å². The number of piperidine rings is 1. The molecule has 2 atom stereocenters. The van der Waals surface area contributed by atoms with Crippen LogP contribution >= 0.6 is 0 Å². The highest BCUT2D eigenvalue weighted by molar-refractivity contribution is 5.69. The molecule has 1 rings (SSSR count). The Morgan fingerprint density at radius 3 is 2.80 bits per heavy atom. The summed E-state index contributed by atoms with van der Waals surface area (Å²) >= 11 is 0. The minimum atomic E-state index is -0.0898. The second kappa shape index (κ2) is 6.11. The first kappa shape index (κ1) is 12.5. The normalized spacial score (nSPS) is 27.7. The number of likely N-dealkylation sites (tertiary alicyclic amines) is 1. The molecule has 0 spiro atoms. The first-order valence-corrected chi connectivity index (χ1v) is 5.94. The lowest BCUT2D eigenvalue weighted by atomic mass is 9.93. The summed E-state index contributed by atoms with van der Waals surface area (Å²) in [4.78, 5) is 13.4. The van der Waals surface area contributed by atoms with Gasteiger partial charge in [0.1, 0.15) is 0 Å². The summed E-state index contributed by atoms with van der Waals surface area (Å²) in [6, 6.07) is 0.673. The molecule has 88 valence electrons. The van der Waals surface area contributed by atoms with Crippen molar-refractivity contribution in [2.45, 2.75) is 45.6 Å². The molecule has 1 fully saturated rings. The highest BCUT2D eigenvalue weighted by Gasteiger charge is 2.22. The van der Waals surface area contributed by atoms with E-state index in [0.717, 1.165) is 18.9 Å². The highest BCUT2D eigenvalue weighted by Crippen LogP contribution is 2.22. The Balaban J connectivity index is 2.18. The summed E-state index contributed by atoms with van der Waals surface area (Å²) in [7, 11) is 1.45. The lowest BCUT2D eigenvalue weighted by molar-refractivity contribution is -0.140. The van der Waals surface area contributed by atoms with E-state index < -0.39 is 0 Å². The van der Waals surface area contributed by atoms with E-state index in [-0.39, 0.29) is 5.97 Å². The fraction of sp³-hybridized carbons (Fsp3) is 0.917. The number of hydrogen-bond donors (Lipinski definition) is 0. The number of methoxy groups -OCH3 is 1. The van der Waals surface area contributed by atoms with Crippen LogP contribution in [-0.2, 0) is 9.53 Å². The zero-order chi connectivity index (χ0) is 11.3. The predicted octanol–water partition coefficient (Wildman–Crippen LogP) is 2.06. The number of carbonyl (C=O) groups excluding carboxylic acids is 1. The molecule has 1 aliphatic rings. The summed E-state index contributed by atoms with van der Waals surface area (Å²) in [6.07, 6.45) is 4.06. The van der Waals surface area contributed by atoms with Crippen molar-refractivity contribution in [2.24, 2.45) is 5.92 Å². The molecule has 15 heavy (non-hydrogen) atoms. The number of nitrogens with zero attached hydrogens (tertiary/aromatic N) is 1. The van der Waals surface area contributed by atoms with Gasteiger partial charge in [0.2, 0.25) is 0 Å². The van der Waals surface area contributed by atoms with E-state index in [9.17, 15) is 4.79 Å². The van der Waals surface area contributed by atoms with Crippen LogP contribution in [0.25, 0.3) is 0 Å². The van der Waals surface area contributed by atoms with E-state index in [2.05, 4.69) is 23.5 Å². The van der Waals surface area contributed by atoms with Gasteiger partial charge in [-0.25, -0.2) is 0 Å². The standard InChI is InChI=1S/C12H23NO2/c1-10-6-8-13(11(2)9-10)7-4-5-12(14)15-3/h10-11H,4-9H2,1-3H3/t10-,11-/m0/s1. The Kier molecular flexibility index (Phi) is 5.09. The average molecular weight is 213 g/mol. The minimum absolute atomic E-state index is 0.0898. The van der Waals surface area contributed by atoms with Crippen molar-refractivity contribution >= 4 is 5.97 Å². The number of hydrogen-bond acceptors (Lipinski definition) is 3. The van der Waals surface area contributed by atoms with Gasteiger partial charge >= 0.3 is 5.97 Å². The average Bonchev–Trinajstić information content (AvgIpc) is 2.21. The molecular weight excluding hydrogens is 190 g/mol. The van der Waals surface area contributed by atoms with Crippen molar-refractivity contribution in [1.29, 1.82) is 0 Å². The molecule has 0 aromatic rings. The van der Waals surface area contributed by atoms with Crippen LogP contribution in [0, 0.1) is 5.92 Å². The zero-order valence-corrected chi connectivity index (χ0v) is 10.2. The molecular formula is C12H23NO2. The van der Waals surface area contributed by atoms with Gasteiger partial charge in [0.05, 0.1) is 7.11 Å². The van der Waals surface area contributed by atoms with E-state index in [4.69, 9.17) is 0 Å². The Bertz CT molecular complexity index is 206. The van der Waals surface area contributed by atoms with E-state index in [0.29, 0.717) is 12.5 Å². The van der Waals surface area contributed by atoms with Crippen molar-refractivity contribution in [3.05, 3.63) is 0 Å². The number of ether oxygens (including phenoxy) is 1. The van der Waals surface area contributed by atoms with E-state index >= 15 is 0 Å². The Labute approximate surface area is 92.8 Å². The highest BCUT2D eigenvalue weighted by atomic mass is 16.5. The smallest absolute Gasteiger partial charge is 0.305 e. The topological polar surface area (TPSA) is 29.5 Å². The number of esters is 1. The molecule has 0 aromatic carbocycles. The molecule has 0 bridgehead atoms. The molecule has 0 aromatic heterocycles. The summed E-state index contributed by atoms with van der Waals surface area (Å²) in [6.45, 7) is 6.82. The first-order chi connectivity index (χ1) is 7.13. The van der Waals surface area contributed by atoms with Gasteiger partial charge in [0.25, 0.3) is 0 Å². The summed E-state index contributed by atoms with van der Waals surface area (Å²) in [5.41, 5.74) is 0. The van der Waals surface area contributed by atoms with Crippen molar-refractivity contribution in [2.75, 3.05) is 20.2 Å². The molecule has 0 aliphatic carbocycles. The Hall–Kier alpha value is -0.570. The predicted molar refractivity (Wildman–Crippen MR) is 60.7 cm³/mol. The SMILES string of the molecule is COC(=O)CCCN1CC[C@H](C)C[C@@H]1C. The van der Waals surface area contributed by atoms with E-state index in [1.54, 1.807) is 0 Å². The van der Waals surface area contributed by atoms with E-state index in [1.807, 2.05) is 0 Å². The lowest BCUT2D eigenvalue weighted by Gasteiger charge is -2.36. The second-order valence-electron chi connectivity index (χ2n) is 4.69. The number of rotatable bonds is 4. The monoisotopic (exact) mass is 213 g/mol. The van der Waals surface area contributed by atoms with Gasteiger partial charge in [0.15, 0.2) is 0 Å². The summed E-state index contributed by atoms with van der Waals surface area (Å²) in [5.74, 6) is 0.768. The van der Waals surface area contributed by atoms with Crippen LogP contribution in [0.1, 0.15) is 39.5 Å². The van der Waals surface area contributed by atoms with Crippen molar-refractivity contribution in [3.8, 4) is 0 Å². The molecule has 3 nitrogen and oxygen atoms in total. The third-order valence-corrected chi connectivity index (χ3v) is 3.33. The number of carbonyl (C=O) groups is 1. The summed E-state index contributed by atoms with van der Waals surface area (Å²) in [5, 5.41) is 0. The second-order valence-corrected chi connectivity index (χ2v) is 4.69. The molecule has 1 heterocycles. The van der Waals surface area contributed by atoms with Gasteiger partial charge in [-0.3, -0.25) is 4.79 Å². The van der Waals surface area contributed by atoms with Gasteiger partial charge in [0, 0.05) is 12.5 Å². The third-order valence-electron chi connectivity index (χ3n) is 3.33. The van der Waals surface area contributed by atoms with Gasteiger partial charge < -0.3 is 9.64 Å². The molecule has 0 radical (unpaired) electrons. The van der Waals surface area contributed by atoms with Crippen molar-refractivity contribution in [1.82, 2.24) is 4.90 Å². The van der Waals surface area contributed by atoms with Gasteiger partial charge in [-0.1, -0.05) is 6.92 Å². The molecule has 0 amide bonds. The molecule has 0 N–H and O–H groups in total.